The Labute approximate surface area is 185 Å². The van der Waals surface area contributed by atoms with Crippen LogP contribution in [0.25, 0.3) is 4.96 Å². The number of aryl methyl sites for hydroxylation is 1. The van der Waals surface area contributed by atoms with E-state index >= 15 is 0 Å². The highest BCUT2D eigenvalue weighted by Gasteiger charge is 2.30. The molecule has 0 aliphatic carbocycles. The van der Waals surface area contributed by atoms with Crippen LogP contribution >= 0.6 is 11.3 Å². The van der Waals surface area contributed by atoms with Gasteiger partial charge >= 0.3 is 5.97 Å². The number of piperidine rings is 1. The predicted octanol–water partition coefficient (Wildman–Crippen LogP) is 2.59. The molecule has 1 aliphatic heterocycles. The molecule has 8 nitrogen and oxygen atoms in total. The van der Waals surface area contributed by atoms with Crippen molar-refractivity contribution in [2.75, 3.05) is 13.1 Å². The fourth-order valence-corrected chi connectivity index (χ4v) is 4.38. The van der Waals surface area contributed by atoms with Gasteiger partial charge < -0.3 is 9.64 Å². The number of esters is 1. The molecule has 0 unspecified atom stereocenters. The Morgan fingerprint density at radius 1 is 1.22 bits per heavy atom. The molecule has 32 heavy (non-hydrogen) atoms. The molecular formula is C21H20F2N4O4S. The minimum atomic E-state index is -0.913. The number of ether oxygens (including phenoxy) is 1. The van der Waals surface area contributed by atoms with Crippen LogP contribution in [0.5, 0.6) is 0 Å². The van der Waals surface area contributed by atoms with Crippen LogP contribution in [0.2, 0.25) is 0 Å². The molecule has 11 heteroatoms. The Morgan fingerprint density at radius 3 is 2.66 bits per heavy atom. The SMILES string of the molecule is CCc1nn2c(=O)cc(COC(=O)C3CCN(C(=O)c4ccc(F)cc4F)CC3)nc2s1. The molecule has 1 fully saturated rings. The van der Waals surface area contributed by atoms with Crippen molar-refractivity contribution >= 4 is 28.2 Å². The molecule has 0 spiro atoms. The summed E-state index contributed by atoms with van der Waals surface area (Å²) in [5.74, 6) is -3.06. The maximum atomic E-state index is 13.9. The highest BCUT2D eigenvalue weighted by molar-refractivity contribution is 7.16. The van der Waals surface area contributed by atoms with Gasteiger partial charge in [-0.2, -0.15) is 9.61 Å². The quantitative estimate of drug-likeness (QED) is 0.541. The second-order valence-electron chi connectivity index (χ2n) is 7.43. The van der Waals surface area contributed by atoms with E-state index in [1.807, 2.05) is 6.92 Å². The molecule has 1 saturated heterocycles. The van der Waals surface area contributed by atoms with E-state index in [0.29, 0.717) is 36.0 Å². The van der Waals surface area contributed by atoms with E-state index in [0.717, 1.165) is 17.1 Å². The first-order chi connectivity index (χ1) is 15.4. The van der Waals surface area contributed by atoms with Crippen LogP contribution in [-0.2, 0) is 22.6 Å². The van der Waals surface area contributed by atoms with Crippen molar-refractivity contribution in [1.82, 2.24) is 19.5 Å². The van der Waals surface area contributed by atoms with Crippen LogP contribution in [-0.4, -0.2) is 44.5 Å². The van der Waals surface area contributed by atoms with Crippen molar-refractivity contribution in [2.24, 2.45) is 5.92 Å². The lowest BCUT2D eigenvalue weighted by atomic mass is 9.96. The summed E-state index contributed by atoms with van der Waals surface area (Å²) in [6.45, 7) is 2.30. The third kappa shape index (κ3) is 4.52. The zero-order chi connectivity index (χ0) is 22.8. The Bertz CT molecular complexity index is 1230. The summed E-state index contributed by atoms with van der Waals surface area (Å²) in [4.78, 5) is 43.3. The Hall–Kier alpha value is -3.21. The van der Waals surface area contributed by atoms with Crippen molar-refractivity contribution in [3.8, 4) is 0 Å². The molecule has 4 rings (SSSR count). The molecule has 3 heterocycles. The lowest BCUT2D eigenvalue weighted by Crippen LogP contribution is -2.41. The van der Waals surface area contributed by atoms with Crippen molar-refractivity contribution in [3.05, 3.63) is 62.5 Å². The van der Waals surface area contributed by atoms with Crippen LogP contribution in [0.3, 0.4) is 0 Å². The highest BCUT2D eigenvalue weighted by atomic mass is 32.1. The molecule has 2 aromatic heterocycles. The lowest BCUT2D eigenvalue weighted by molar-refractivity contribution is -0.151. The van der Waals surface area contributed by atoms with Gasteiger partial charge in [-0.25, -0.2) is 13.8 Å². The van der Waals surface area contributed by atoms with E-state index in [9.17, 15) is 23.2 Å². The molecule has 3 aromatic rings. The van der Waals surface area contributed by atoms with E-state index in [2.05, 4.69) is 10.1 Å². The molecule has 0 saturated carbocycles. The first-order valence-electron chi connectivity index (χ1n) is 10.2. The number of likely N-dealkylation sites (tertiary alicyclic amines) is 1. The van der Waals surface area contributed by atoms with Crippen LogP contribution in [0, 0.1) is 17.6 Å². The van der Waals surface area contributed by atoms with Gasteiger partial charge in [0, 0.05) is 25.2 Å². The summed E-state index contributed by atoms with van der Waals surface area (Å²) in [7, 11) is 0. The summed E-state index contributed by atoms with van der Waals surface area (Å²) in [5.41, 5.74) is -0.194. The van der Waals surface area contributed by atoms with Gasteiger partial charge in [-0.05, 0) is 31.4 Å². The highest BCUT2D eigenvalue weighted by Crippen LogP contribution is 2.22. The van der Waals surface area contributed by atoms with Gasteiger partial charge in [0.05, 0.1) is 17.2 Å². The van der Waals surface area contributed by atoms with Gasteiger partial charge in [0.1, 0.15) is 23.2 Å². The van der Waals surface area contributed by atoms with Crippen LogP contribution in [0.1, 0.15) is 40.8 Å². The maximum absolute atomic E-state index is 13.9. The predicted molar refractivity (Wildman–Crippen MR) is 111 cm³/mol. The zero-order valence-corrected chi connectivity index (χ0v) is 18.0. The molecule has 168 valence electrons. The third-order valence-electron chi connectivity index (χ3n) is 5.28. The van der Waals surface area contributed by atoms with Gasteiger partial charge in [0.15, 0.2) is 0 Å². The van der Waals surface area contributed by atoms with Crippen molar-refractivity contribution in [2.45, 2.75) is 32.8 Å². The first-order valence-corrected chi connectivity index (χ1v) is 11.0. The summed E-state index contributed by atoms with van der Waals surface area (Å²) < 4.78 is 33.5. The van der Waals surface area contributed by atoms with Crippen molar-refractivity contribution < 1.29 is 23.1 Å². The van der Waals surface area contributed by atoms with Crippen molar-refractivity contribution in [1.29, 1.82) is 0 Å². The number of rotatable bonds is 5. The Balaban J connectivity index is 1.33. The van der Waals surface area contributed by atoms with E-state index in [-0.39, 0.29) is 30.8 Å². The van der Waals surface area contributed by atoms with E-state index < -0.39 is 29.4 Å². The molecule has 0 N–H and O–H groups in total. The maximum Gasteiger partial charge on any atom is 0.309 e. The molecular weight excluding hydrogens is 442 g/mol. The molecule has 1 amide bonds. The minimum Gasteiger partial charge on any atom is -0.459 e. The minimum absolute atomic E-state index is 0.135. The van der Waals surface area contributed by atoms with E-state index in [1.54, 1.807) is 0 Å². The zero-order valence-electron chi connectivity index (χ0n) is 17.2. The molecule has 0 radical (unpaired) electrons. The summed E-state index contributed by atoms with van der Waals surface area (Å²) in [5, 5.41) is 4.95. The monoisotopic (exact) mass is 462 g/mol. The summed E-state index contributed by atoms with van der Waals surface area (Å²) in [6.07, 6.45) is 1.40. The van der Waals surface area contributed by atoms with E-state index in [4.69, 9.17) is 4.74 Å². The second kappa shape index (κ2) is 9.11. The number of fused-ring (bicyclic) bond motifs is 1. The number of hydrogen-bond acceptors (Lipinski definition) is 7. The number of carbonyl (C=O) groups is 2. The fourth-order valence-electron chi connectivity index (χ4n) is 3.53. The molecule has 1 aliphatic rings. The fraction of sp³-hybridized carbons (Fsp3) is 0.381. The standard InChI is InChI=1S/C21H20F2N4O4S/c1-2-17-25-27-18(28)10-14(24-21(27)32-17)11-31-20(30)12-5-7-26(8-6-12)19(29)15-4-3-13(22)9-16(15)23/h3-4,9-10,12H,2,5-8,11H2,1H3. The number of halogens is 2. The summed E-state index contributed by atoms with van der Waals surface area (Å²) in [6, 6.07) is 4.11. The lowest BCUT2D eigenvalue weighted by Gasteiger charge is -2.31. The Morgan fingerprint density at radius 2 is 1.97 bits per heavy atom. The van der Waals surface area contributed by atoms with Gasteiger partial charge in [0.25, 0.3) is 11.5 Å². The van der Waals surface area contributed by atoms with Gasteiger partial charge in [0.2, 0.25) is 4.96 Å². The van der Waals surface area contributed by atoms with Crippen LogP contribution < -0.4 is 5.56 Å². The topological polar surface area (TPSA) is 93.9 Å². The smallest absolute Gasteiger partial charge is 0.309 e. The molecule has 0 atom stereocenters. The first kappa shape index (κ1) is 22.0. The normalized spacial score (nSPS) is 14.7. The van der Waals surface area contributed by atoms with Crippen LogP contribution in [0.15, 0.2) is 29.1 Å². The van der Waals surface area contributed by atoms with Gasteiger partial charge in [-0.1, -0.05) is 18.3 Å². The average Bonchev–Trinajstić information content (AvgIpc) is 3.21. The number of hydrogen-bond donors (Lipinski definition) is 0. The van der Waals surface area contributed by atoms with Gasteiger partial charge in [-0.15, -0.1) is 0 Å². The number of amides is 1. The van der Waals surface area contributed by atoms with Crippen molar-refractivity contribution in [3.63, 3.8) is 0 Å². The number of carbonyl (C=O) groups excluding carboxylic acids is 2. The van der Waals surface area contributed by atoms with E-state index in [1.165, 1.54) is 26.8 Å². The molecule has 1 aromatic carbocycles. The Kier molecular flexibility index (Phi) is 6.26. The largest absolute Gasteiger partial charge is 0.459 e. The van der Waals surface area contributed by atoms with Gasteiger partial charge in [-0.3, -0.25) is 14.4 Å². The average molecular weight is 462 g/mol. The second-order valence-corrected chi connectivity index (χ2v) is 8.47. The van der Waals surface area contributed by atoms with Crippen LogP contribution in [0.4, 0.5) is 8.78 Å². The number of benzene rings is 1. The summed E-state index contributed by atoms with van der Waals surface area (Å²) >= 11 is 1.31. The number of nitrogens with zero attached hydrogens (tertiary/aromatic N) is 4. The molecule has 0 bridgehead atoms. The third-order valence-corrected chi connectivity index (χ3v) is 6.33. The number of aromatic nitrogens is 3.